The predicted octanol–water partition coefficient (Wildman–Crippen LogP) is 4.72. The summed E-state index contributed by atoms with van der Waals surface area (Å²) >= 11 is 5.93. The molecule has 0 heterocycles. The number of halogens is 1. The molecule has 0 radical (unpaired) electrons. The van der Waals surface area contributed by atoms with Crippen LogP contribution >= 0.6 is 11.6 Å². The van der Waals surface area contributed by atoms with Crippen LogP contribution in [0.3, 0.4) is 0 Å². The van der Waals surface area contributed by atoms with Crippen LogP contribution in [0, 0.1) is 6.92 Å². The number of sulfonamides is 1. The first kappa shape index (κ1) is 23.0. The van der Waals surface area contributed by atoms with E-state index in [9.17, 15) is 13.2 Å². The van der Waals surface area contributed by atoms with Crippen LogP contribution in [-0.2, 0) is 21.4 Å². The van der Waals surface area contributed by atoms with Crippen LogP contribution in [-0.4, -0.2) is 25.2 Å². The fourth-order valence-corrected chi connectivity index (χ4v) is 4.66. The van der Waals surface area contributed by atoms with Gasteiger partial charge in [-0.25, -0.2) is 8.42 Å². The monoisotopic (exact) mass is 456 g/mol. The molecule has 0 aliphatic heterocycles. The third kappa shape index (κ3) is 6.17. The van der Waals surface area contributed by atoms with E-state index in [0.29, 0.717) is 5.02 Å². The second-order valence-electron chi connectivity index (χ2n) is 7.41. The molecule has 5 nitrogen and oxygen atoms in total. The van der Waals surface area contributed by atoms with Gasteiger partial charge in [-0.2, -0.15) is 4.31 Å². The summed E-state index contributed by atoms with van der Waals surface area (Å²) in [4.78, 5) is 12.9. The fraction of sp³-hybridized carbons (Fsp3) is 0.208. The second kappa shape index (κ2) is 10.1. The summed E-state index contributed by atoms with van der Waals surface area (Å²) in [5, 5.41) is 3.49. The zero-order chi connectivity index (χ0) is 22.4. The Morgan fingerprint density at radius 2 is 1.58 bits per heavy atom. The first-order valence-corrected chi connectivity index (χ1v) is 11.7. The molecule has 0 aliphatic carbocycles. The molecule has 31 heavy (non-hydrogen) atoms. The molecular weight excluding hydrogens is 432 g/mol. The number of carbonyl (C=O) groups excluding carboxylic acids is 1. The third-order valence-corrected chi connectivity index (χ3v) is 6.99. The van der Waals surface area contributed by atoms with Crippen LogP contribution in [0.25, 0.3) is 0 Å². The molecule has 0 unspecified atom stereocenters. The first-order chi connectivity index (χ1) is 14.8. The molecule has 1 amide bonds. The van der Waals surface area contributed by atoms with Crippen LogP contribution < -0.4 is 5.32 Å². The van der Waals surface area contributed by atoms with Crippen molar-refractivity contribution in [3.05, 3.63) is 101 Å². The van der Waals surface area contributed by atoms with E-state index in [-0.39, 0.29) is 29.9 Å². The molecule has 0 saturated carbocycles. The van der Waals surface area contributed by atoms with Crippen molar-refractivity contribution in [2.45, 2.75) is 31.3 Å². The number of hydrogen-bond acceptors (Lipinski definition) is 3. The zero-order valence-electron chi connectivity index (χ0n) is 17.5. The van der Waals surface area contributed by atoms with Gasteiger partial charge in [-0.3, -0.25) is 4.79 Å². The molecule has 3 aromatic rings. The Bertz CT molecular complexity index is 1120. The van der Waals surface area contributed by atoms with Gasteiger partial charge in [-0.15, -0.1) is 0 Å². The topological polar surface area (TPSA) is 66.5 Å². The van der Waals surface area contributed by atoms with Crippen LogP contribution in [0.2, 0.25) is 5.02 Å². The molecular formula is C24H25ClN2O3S. The van der Waals surface area contributed by atoms with E-state index in [1.807, 2.05) is 56.3 Å². The zero-order valence-corrected chi connectivity index (χ0v) is 19.0. The highest BCUT2D eigenvalue weighted by atomic mass is 35.5. The van der Waals surface area contributed by atoms with Crippen molar-refractivity contribution in [2.75, 3.05) is 6.54 Å². The van der Waals surface area contributed by atoms with Crippen molar-refractivity contribution in [3.63, 3.8) is 0 Å². The summed E-state index contributed by atoms with van der Waals surface area (Å²) in [7, 11) is -3.86. The lowest BCUT2D eigenvalue weighted by Gasteiger charge is -2.23. The Morgan fingerprint density at radius 3 is 2.19 bits per heavy atom. The van der Waals surface area contributed by atoms with Gasteiger partial charge in [-0.1, -0.05) is 71.8 Å². The van der Waals surface area contributed by atoms with Crippen molar-refractivity contribution in [3.8, 4) is 0 Å². The van der Waals surface area contributed by atoms with Gasteiger partial charge in [0.1, 0.15) is 0 Å². The van der Waals surface area contributed by atoms with E-state index in [1.54, 1.807) is 36.4 Å². The van der Waals surface area contributed by atoms with Crippen molar-refractivity contribution in [1.82, 2.24) is 9.62 Å². The quantitative estimate of drug-likeness (QED) is 0.533. The smallest absolute Gasteiger partial charge is 0.243 e. The number of nitrogens with one attached hydrogen (secondary N) is 1. The van der Waals surface area contributed by atoms with Crippen LogP contribution in [0.1, 0.15) is 29.7 Å². The van der Waals surface area contributed by atoms with Crippen LogP contribution in [0.15, 0.2) is 83.8 Å². The van der Waals surface area contributed by atoms with Crippen molar-refractivity contribution < 1.29 is 13.2 Å². The van der Waals surface area contributed by atoms with Gasteiger partial charge in [0.25, 0.3) is 0 Å². The number of amides is 1. The van der Waals surface area contributed by atoms with Crippen LogP contribution in [0.5, 0.6) is 0 Å². The van der Waals surface area contributed by atoms with E-state index in [0.717, 1.165) is 16.7 Å². The SMILES string of the molecule is Cc1ccc(S(=O)(=O)N(CC(=O)N[C@@H](C)c2ccc(Cl)cc2)Cc2ccccc2)cc1. The molecule has 3 aromatic carbocycles. The largest absolute Gasteiger partial charge is 0.348 e. The lowest BCUT2D eigenvalue weighted by atomic mass is 10.1. The van der Waals surface area contributed by atoms with E-state index >= 15 is 0 Å². The molecule has 1 N–H and O–H groups in total. The number of rotatable bonds is 8. The van der Waals surface area contributed by atoms with Crippen LogP contribution in [0.4, 0.5) is 0 Å². The summed E-state index contributed by atoms with van der Waals surface area (Å²) in [5.74, 6) is -0.380. The molecule has 3 rings (SSSR count). The number of aryl methyl sites for hydroxylation is 1. The highest BCUT2D eigenvalue weighted by Gasteiger charge is 2.27. The van der Waals surface area contributed by atoms with Gasteiger partial charge in [0.15, 0.2) is 0 Å². The summed E-state index contributed by atoms with van der Waals surface area (Å²) < 4.78 is 27.8. The summed E-state index contributed by atoms with van der Waals surface area (Å²) in [5.41, 5.74) is 2.65. The standard InChI is InChI=1S/C24H25ClN2O3S/c1-18-8-14-23(15-9-18)31(29,30)27(16-20-6-4-3-5-7-20)17-24(28)26-19(2)21-10-12-22(25)13-11-21/h3-15,19H,16-17H2,1-2H3,(H,26,28)/t19-/m0/s1. The summed E-state index contributed by atoms with van der Waals surface area (Å²) in [6.07, 6.45) is 0. The maximum absolute atomic E-state index is 13.3. The van der Waals surface area contributed by atoms with Gasteiger partial charge in [-0.05, 0) is 49.2 Å². The summed E-state index contributed by atoms with van der Waals surface area (Å²) in [6, 6.07) is 22.7. The minimum absolute atomic E-state index is 0.0970. The van der Waals surface area contributed by atoms with Gasteiger partial charge >= 0.3 is 0 Å². The van der Waals surface area contributed by atoms with Crippen molar-refractivity contribution >= 4 is 27.5 Å². The Morgan fingerprint density at radius 1 is 0.968 bits per heavy atom. The molecule has 1 atom stereocenters. The Labute approximate surface area is 188 Å². The van der Waals surface area contributed by atoms with Crippen molar-refractivity contribution in [2.24, 2.45) is 0 Å². The first-order valence-electron chi connectivity index (χ1n) is 9.91. The van der Waals surface area contributed by atoms with Gasteiger partial charge < -0.3 is 5.32 Å². The average Bonchev–Trinajstić information content (AvgIpc) is 2.74. The Hall–Kier alpha value is -2.67. The predicted molar refractivity (Wildman–Crippen MR) is 123 cm³/mol. The number of hydrogen-bond donors (Lipinski definition) is 1. The molecule has 162 valence electrons. The number of carbonyl (C=O) groups is 1. The molecule has 0 fully saturated rings. The number of benzene rings is 3. The second-order valence-corrected chi connectivity index (χ2v) is 9.79. The number of nitrogens with zero attached hydrogens (tertiary/aromatic N) is 1. The summed E-state index contributed by atoms with van der Waals surface area (Å²) in [6.45, 7) is 3.55. The molecule has 7 heteroatoms. The Balaban J connectivity index is 1.81. The maximum atomic E-state index is 13.3. The highest BCUT2D eigenvalue weighted by Crippen LogP contribution is 2.20. The minimum atomic E-state index is -3.86. The average molecular weight is 457 g/mol. The van der Waals surface area contributed by atoms with Gasteiger partial charge in [0.05, 0.1) is 17.5 Å². The minimum Gasteiger partial charge on any atom is -0.348 e. The molecule has 0 bridgehead atoms. The highest BCUT2D eigenvalue weighted by molar-refractivity contribution is 7.89. The fourth-order valence-electron chi connectivity index (χ4n) is 3.15. The molecule has 0 aromatic heterocycles. The molecule has 0 saturated heterocycles. The van der Waals surface area contributed by atoms with Gasteiger partial charge in [0, 0.05) is 11.6 Å². The van der Waals surface area contributed by atoms with E-state index in [1.165, 1.54) is 4.31 Å². The third-order valence-electron chi connectivity index (χ3n) is 4.93. The van der Waals surface area contributed by atoms with Gasteiger partial charge in [0.2, 0.25) is 15.9 Å². The van der Waals surface area contributed by atoms with E-state index in [2.05, 4.69) is 5.32 Å². The van der Waals surface area contributed by atoms with E-state index < -0.39 is 10.0 Å². The lowest BCUT2D eigenvalue weighted by molar-refractivity contribution is -0.122. The Kier molecular flexibility index (Phi) is 7.49. The lowest BCUT2D eigenvalue weighted by Crippen LogP contribution is -2.41. The molecule has 0 spiro atoms. The molecule has 0 aliphatic rings. The normalized spacial score (nSPS) is 12.5. The van der Waals surface area contributed by atoms with Crippen molar-refractivity contribution in [1.29, 1.82) is 0 Å². The maximum Gasteiger partial charge on any atom is 0.243 e. The van der Waals surface area contributed by atoms with E-state index in [4.69, 9.17) is 11.6 Å².